The van der Waals surface area contributed by atoms with Gasteiger partial charge in [0.2, 0.25) is 5.91 Å². The fourth-order valence-electron chi connectivity index (χ4n) is 1.37. The molecular weight excluding hydrogens is 213 g/mol. The first-order valence-electron chi connectivity index (χ1n) is 4.73. The highest BCUT2D eigenvalue weighted by molar-refractivity contribution is 5.75. The maximum atomic E-state index is 12.7. The van der Waals surface area contributed by atoms with Crippen molar-refractivity contribution >= 4 is 11.9 Å². The molecule has 0 bridgehead atoms. The highest BCUT2D eigenvalue weighted by Gasteiger charge is 2.16. The third-order valence-electron chi connectivity index (χ3n) is 2.03. The van der Waals surface area contributed by atoms with Crippen molar-refractivity contribution < 1.29 is 19.1 Å². The first-order chi connectivity index (χ1) is 7.49. The number of benzene rings is 1. The lowest BCUT2D eigenvalue weighted by atomic mass is 10.0. The Kier molecular flexibility index (Phi) is 3.99. The smallest absolute Gasteiger partial charge is 0.305 e. The third kappa shape index (κ3) is 3.68. The van der Waals surface area contributed by atoms with Crippen molar-refractivity contribution in [3.05, 3.63) is 35.6 Å². The van der Waals surface area contributed by atoms with Gasteiger partial charge in [-0.3, -0.25) is 9.59 Å². The van der Waals surface area contributed by atoms with Crippen molar-refractivity contribution in [1.29, 1.82) is 0 Å². The summed E-state index contributed by atoms with van der Waals surface area (Å²) in [6, 6.07) is 4.74. The largest absolute Gasteiger partial charge is 0.481 e. The van der Waals surface area contributed by atoms with Gasteiger partial charge in [0, 0.05) is 6.92 Å². The predicted octanol–water partition coefficient (Wildman–Crippen LogP) is 1.48. The molecule has 0 saturated heterocycles. The van der Waals surface area contributed by atoms with E-state index in [2.05, 4.69) is 5.32 Å². The van der Waals surface area contributed by atoms with E-state index in [9.17, 15) is 14.0 Å². The number of carbonyl (C=O) groups excluding carboxylic acids is 1. The van der Waals surface area contributed by atoms with E-state index in [1.807, 2.05) is 0 Å². The fourth-order valence-corrected chi connectivity index (χ4v) is 1.37. The van der Waals surface area contributed by atoms with Crippen LogP contribution in [-0.4, -0.2) is 17.0 Å². The van der Waals surface area contributed by atoms with Crippen LogP contribution in [0.2, 0.25) is 0 Å². The Hall–Kier alpha value is -1.91. The summed E-state index contributed by atoms with van der Waals surface area (Å²) in [4.78, 5) is 21.5. The maximum absolute atomic E-state index is 12.7. The van der Waals surface area contributed by atoms with Gasteiger partial charge in [-0.2, -0.15) is 0 Å². The number of carboxylic acids is 1. The minimum atomic E-state index is -1.02. The molecule has 1 aromatic carbocycles. The summed E-state index contributed by atoms with van der Waals surface area (Å²) in [6.07, 6.45) is -0.231. The number of halogens is 1. The molecular formula is C11H12FNO3. The number of rotatable bonds is 4. The van der Waals surface area contributed by atoms with Crippen molar-refractivity contribution in [2.24, 2.45) is 0 Å². The van der Waals surface area contributed by atoms with Crippen molar-refractivity contribution in [2.45, 2.75) is 19.4 Å². The van der Waals surface area contributed by atoms with Crippen molar-refractivity contribution in [3.8, 4) is 0 Å². The van der Waals surface area contributed by atoms with Crippen LogP contribution in [0.15, 0.2) is 24.3 Å². The number of nitrogens with one attached hydrogen (secondary N) is 1. The molecule has 4 nitrogen and oxygen atoms in total. The Morgan fingerprint density at radius 2 is 1.94 bits per heavy atom. The molecule has 0 fully saturated rings. The number of aliphatic carboxylic acids is 1. The number of hydrogen-bond donors (Lipinski definition) is 2. The SMILES string of the molecule is CC(=O)N[C@@H](CC(=O)O)c1ccc(F)cc1. The number of carbonyl (C=O) groups is 2. The van der Waals surface area contributed by atoms with Gasteiger partial charge in [-0.15, -0.1) is 0 Å². The molecule has 1 atom stereocenters. The zero-order valence-corrected chi connectivity index (χ0v) is 8.74. The van der Waals surface area contributed by atoms with Crippen LogP contribution in [0.25, 0.3) is 0 Å². The second kappa shape index (κ2) is 5.25. The lowest BCUT2D eigenvalue weighted by Gasteiger charge is -2.16. The average molecular weight is 225 g/mol. The second-order valence-electron chi connectivity index (χ2n) is 3.40. The predicted molar refractivity (Wildman–Crippen MR) is 55.2 cm³/mol. The van der Waals surface area contributed by atoms with Gasteiger partial charge in [-0.05, 0) is 17.7 Å². The molecule has 0 unspecified atom stereocenters. The van der Waals surface area contributed by atoms with Gasteiger partial charge in [-0.25, -0.2) is 4.39 Å². The topological polar surface area (TPSA) is 66.4 Å². The molecule has 5 heteroatoms. The van der Waals surface area contributed by atoms with Gasteiger partial charge in [0.05, 0.1) is 12.5 Å². The molecule has 1 amide bonds. The molecule has 86 valence electrons. The van der Waals surface area contributed by atoms with Gasteiger partial charge in [0.15, 0.2) is 0 Å². The van der Waals surface area contributed by atoms with Crippen molar-refractivity contribution in [1.82, 2.24) is 5.32 Å². The van der Waals surface area contributed by atoms with Gasteiger partial charge in [0.1, 0.15) is 5.82 Å². The second-order valence-corrected chi connectivity index (χ2v) is 3.40. The van der Waals surface area contributed by atoms with Crippen molar-refractivity contribution in [3.63, 3.8) is 0 Å². The monoisotopic (exact) mass is 225 g/mol. The molecule has 0 aliphatic rings. The van der Waals surface area contributed by atoms with Gasteiger partial charge in [-0.1, -0.05) is 12.1 Å². The van der Waals surface area contributed by atoms with E-state index in [1.54, 1.807) is 0 Å². The molecule has 0 heterocycles. The van der Waals surface area contributed by atoms with Gasteiger partial charge >= 0.3 is 5.97 Å². The van der Waals surface area contributed by atoms with Crippen LogP contribution < -0.4 is 5.32 Å². The van der Waals surface area contributed by atoms with E-state index in [1.165, 1.54) is 31.2 Å². The summed E-state index contributed by atoms with van der Waals surface area (Å²) in [7, 11) is 0. The normalized spacial score (nSPS) is 11.9. The molecule has 1 aromatic rings. The van der Waals surface area contributed by atoms with Crippen LogP contribution in [0.1, 0.15) is 24.9 Å². The van der Waals surface area contributed by atoms with Crippen LogP contribution in [0.4, 0.5) is 4.39 Å². The molecule has 0 radical (unpaired) electrons. The average Bonchev–Trinajstić information content (AvgIpc) is 2.16. The highest BCUT2D eigenvalue weighted by Crippen LogP contribution is 2.17. The third-order valence-corrected chi connectivity index (χ3v) is 2.03. The summed E-state index contributed by atoms with van der Waals surface area (Å²) < 4.78 is 12.7. The number of hydrogen-bond acceptors (Lipinski definition) is 2. The highest BCUT2D eigenvalue weighted by atomic mass is 19.1. The standard InChI is InChI=1S/C11H12FNO3/c1-7(14)13-10(6-11(15)16)8-2-4-9(12)5-3-8/h2-5,10H,6H2,1H3,(H,13,14)(H,15,16)/t10-/m0/s1. The van der Waals surface area contributed by atoms with Crippen LogP contribution in [0, 0.1) is 5.82 Å². The van der Waals surface area contributed by atoms with E-state index < -0.39 is 17.8 Å². The Bertz CT molecular complexity index is 373. The van der Waals surface area contributed by atoms with Crippen LogP contribution in [0.5, 0.6) is 0 Å². The molecule has 1 rings (SSSR count). The molecule has 16 heavy (non-hydrogen) atoms. The van der Waals surface area contributed by atoms with Crippen LogP contribution >= 0.6 is 0 Å². The Labute approximate surface area is 92.1 Å². The maximum Gasteiger partial charge on any atom is 0.305 e. The Morgan fingerprint density at radius 1 is 1.38 bits per heavy atom. The minimum absolute atomic E-state index is 0.231. The number of amides is 1. The first-order valence-corrected chi connectivity index (χ1v) is 4.73. The fraction of sp³-hybridized carbons (Fsp3) is 0.273. The zero-order chi connectivity index (χ0) is 12.1. The minimum Gasteiger partial charge on any atom is -0.481 e. The number of carboxylic acid groups (broad SMARTS) is 1. The van der Waals surface area contributed by atoms with E-state index in [0.717, 1.165) is 0 Å². The molecule has 2 N–H and O–H groups in total. The van der Waals surface area contributed by atoms with Crippen LogP contribution in [-0.2, 0) is 9.59 Å². The van der Waals surface area contributed by atoms with E-state index in [-0.39, 0.29) is 12.3 Å². The summed E-state index contributed by atoms with van der Waals surface area (Å²) in [5, 5.41) is 11.2. The molecule has 0 spiro atoms. The summed E-state index contributed by atoms with van der Waals surface area (Å²) in [6.45, 7) is 1.30. The van der Waals surface area contributed by atoms with E-state index in [4.69, 9.17) is 5.11 Å². The summed E-state index contributed by atoms with van der Waals surface area (Å²) in [5.74, 6) is -1.75. The Balaban J connectivity index is 2.86. The molecule has 0 aliphatic heterocycles. The van der Waals surface area contributed by atoms with Crippen molar-refractivity contribution in [2.75, 3.05) is 0 Å². The van der Waals surface area contributed by atoms with Gasteiger partial charge in [0.25, 0.3) is 0 Å². The van der Waals surface area contributed by atoms with E-state index >= 15 is 0 Å². The lowest BCUT2D eigenvalue weighted by Crippen LogP contribution is -2.27. The summed E-state index contributed by atoms with van der Waals surface area (Å²) in [5.41, 5.74) is 0.569. The first kappa shape index (κ1) is 12.2. The van der Waals surface area contributed by atoms with Crippen LogP contribution in [0.3, 0.4) is 0 Å². The summed E-state index contributed by atoms with van der Waals surface area (Å²) >= 11 is 0. The lowest BCUT2D eigenvalue weighted by molar-refractivity contribution is -0.137. The van der Waals surface area contributed by atoms with E-state index in [0.29, 0.717) is 5.56 Å². The molecule has 0 aliphatic carbocycles. The van der Waals surface area contributed by atoms with Gasteiger partial charge < -0.3 is 10.4 Å². The molecule has 0 aromatic heterocycles. The molecule has 0 saturated carbocycles. The quantitative estimate of drug-likeness (QED) is 0.815. The zero-order valence-electron chi connectivity index (χ0n) is 8.74. The Morgan fingerprint density at radius 3 is 2.38 bits per heavy atom.